The van der Waals surface area contributed by atoms with Gasteiger partial charge in [0.15, 0.2) is 0 Å². The fourth-order valence-corrected chi connectivity index (χ4v) is 2.49. The molecule has 2 heterocycles. The second-order valence-electron chi connectivity index (χ2n) is 5.72. The van der Waals surface area contributed by atoms with Gasteiger partial charge < -0.3 is 15.7 Å². The number of hydrogen-bond donors (Lipinski definition) is 2. The van der Waals surface area contributed by atoms with Gasteiger partial charge in [0, 0.05) is 44.0 Å². The first-order valence-electron chi connectivity index (χ1n) is 7.41. The van der Waals surface area contributed by atoms with Crippen LogP contribution in [-0.2, 0) is 0 Å². The van der Waals surface area contributed by atoms with Crippen molar-refractivity contribution in [3.05, 3.63) is 23.4 Å². The standard InChI is InChI=1S/C15H24N4O2/c1-11(2)13-9-12(10-14(16)17-13)15(21)19-5-3-18(4-6-19)7-8-20/h9-11,20H,3-8H2,1-2H3,(H2,16,17). The molecule has 0 aliphatic carbocycles. The third kappa shape index (κ3) is 3.92. The van der Waals surface area contributed by atoms with E-state index in [4.69, 9.17) is 10.8 Å². The third-order valence-electron chi connectivity index (χ3n) is 3.78. The van der Waals surface area contributed by atoms with Crippen LogP contribution < -0.4 is 5.73 Å². The van der Waals surface area contributed by atoms with Crippen molar-refractivity contribution in [2.75, 3.05) is 45.1 Å². The highest BCUT2D eigenvalue weighted by molar-refractivity contribution is 5.95. The first-order chi connectivity index (χ1) is 10.0. The topological polar surface area (TPSA) is 82.7 Å². The van der Waals surface area contributed by atoms with E-state index in [9.17, 15) is 4.79 Å². The van der Waals surface area contributed by atoms with E-state index >= 15 is 0 Å². The van der Waals surface area contributed by atoms with Crippen LogP contribution in [0, 0.1) is 0 Å². The van der Waals surface area contributed by atoms with Crippen molar-refractivity contribution in [2.45, 2.75) is 19.8 Å². The predicted octanol–water partition coefficient (Wildman–Crippen LogP) is 0.537. The number of β-amino-alcohol motifs (C(OH)–C–C–N with tert-alkyl or cyclic N) is 1. The molecule has 1 aliphatic heterocycles. The summed E-state index contributed by atoms with van der Waals surface area (Å²) in [6, 6.07) is 3.48. The summed E-state index contributed by atoms with van der Waals surface area (Å²) in [5, 5.41) is 8.94. The SMILES string of the molecule is CC(C)c1cc(C(=O)N2CCN(CCO)CC2)cc(N)n1. The van der Waals surface area contributed by atoms with Gasteiger partial charge >= 0.3 is 0 Å². The molecule has 0 unspecified atom stereocenters. The molecular formula is C15H24N4O2. The Morgan fingerprint density at radius 2 is 2.00 bits per heavy atom. The van der Waals surface area contributed by atoms with Gasteiger partial charge in [-0.05, 0) is 18.1 Å². The first-order valence-corrected chi connectivity index (χ1v) is 7.41. The number of carbonyl (C=O) groups excluding carboxylic acids is 1. The molecule has 1 fully saturated rings. The molecule has 1 aliphatic rings. The average molecular weight is 292 g/mol. The van der Waals surface area contributed by atoms with E-state index in [1.807, 2.05) is 24.8 Å². The summed E-state index contributed by atoms with van der Waals surface area (Å²) in [5.41, 5.74) is 7.27. The number of anilines is 1. The molecule has 1 aromatic rings. The molecule has 1 saturated heterocycles. The number of nitrogen functional groups attached to an aromatic ring is 1. The number of aromatic nitrogens is 1. The van der Waals surface area contributed by atoms with Crippen LogP contribution in [0.5, 0.6) is 0 Å². The Bertz CT molecular complexity index is 496. The van der Waals surface area contributed by atoms with Crippen molar-refractivity contribution >= 4 is 11.7 Å². The van der Waals surface area contributed by atoms with Crippen LogP contribution in [0.2, 0.25) is 0 Å². The zero-order valence-electron chi connectivity index (χ0n) is 12.7. The van der Waals surface area contributed by atoms with E-state index < -0.39 is 0 Å². The van der Waals surface area contributed by atoms with Crippen molar-refractivity contribution < 1.29 is 9.90 Å². The summed E-state index contributed by atoms with van der Waals surface area (Å²) >= 11 is 0. The monoisotopic (exact) mass is 292 g/mol. The predicted molar refractivity (Wildman–Crippen MR) is 82.2 cm³/mol. The summed E-state index contributed by atoms with van der Waals surface area (Å²) in [4.78, 5) is 20.8. The second kappa shape index (κ2) is 6.87. The van der Waals surface area contributed by atoms with Crippen molar-refractivity contribution in [3.8, 4) is 0 Å². The number of carbonyl (C=O) groups is 1. The Morgan fingerprint density at radius 1 is 1.33 bits per heavy atom. The van der Waals surface area contributed by atoms with Gasteiger partial charge in [0.25, 0.3) is 5.91 Å². The number of aliphatic hydroxyl groups excluding tert-OH is 1. The van der Waals surface area contributed by atoms with Crippen molar-refractivity contribution in [2.24, 2.45) is 0 Å². The third-order valence-corrected chi connectivity index (χ3v) is 3.78. The maximum absolute atomic E-state index is 12.6. The van der Waals surface area contributed by atoms with Gasteiger partial charge in [0.2, 0.25) is 0 Å². The van der Waals surface area contributed by atoms with Crippen LogP contribution >= 0.6 is 0 Å². The van der Waals surface area contributed by atoms with Crippen LogP contribution in [0.3, 0.4) is 0 Å². The fraction of sp³-hybridized carbons (Fsp3) is 0.600. The maximum Gasteiger partial charge on any atom is 0.254 e. The van der Waals surface area contributed by atoms with E-state index in [1.54, 1.807) is 6.07 Å². The van der Waals surface area contributed by atoms with E-state index in [-0.39, 0.29) is 18.4 Å². The molecule has 0 spiro atoms. The number of rotatable bonds is 4. The lowest BCUT2D eigenvalue weighted by atomic mass is 10.1. The molecule has 0 aromatic carbocycles. The molecule has 21 heavy (non-hydrogen) atoms. The van der Waals surface area contributed by atoms with Crippen molar-refractivity contribution in [1.82, 2.24) is 14.8 Å². The summed E-state index contributed by atoms with van der Waals surface area (Å²) in [7, 11) is 0. The number of hydrogen-bond acceptors (Lipinski definition) is 5. The Labute approximate surface area is 125 Å². The quantitative estimate of drug-likeness (QED) is 0.846. The Morgan fingerprint density at radius 3 is 2.57 bits per heavy atom. The van der Waals surface area contributed by atoms with Gasteiger partial charge in [-0.1, -0.05) is 13.8 Å². The van der Waals surface area contributed by atoms with E-state index in [0.717, 1.165) is 18.8 Å². The van der Waals surface area contributed by atoms with Crippen molar-refractivity contribution in [1.29, 1.82) is 0 Å². The van der Waals surface area contributed by atoms with E-state index in [1.165, 1.54) is 0 Å². The lowest BCUT2D eigenvalue weighted by Crippen LogP contribution is -2.49. The number of aliphatic hydroxyl groups is 1. The molecular weight excluding hydrogens is 268 g/mol. The van der Waals surface area contributed by atoms with Gasteiger partial charge in [-0.2, -0.15) is 0 Å². The van der Waals surface area contributed by atoms with Gasteiger partial charge in [0.1, 0.15) is 5.82 Å². The van der Waals surface area contributed by atoms with Crippen LogP contribution in [-0.4, -0.2) is 65.1 Å². The number of pyridine rings is 1. The highest BCUT2D eigenvalue weighted by Gasteiger charge is 2.22. The minimum Gasteiger partial charge on any atom is -0.395 e. The van der Waals surface area contributed by atoms with Crippen molar-refractivity contribution in [3.63, 3.8) is 0 Å². The Balaban J connectivity index is 2.07. The average Bonchev–Trinajstić information content (AvgIpc) is 2.47. The smallest absolute Gasteiger partial charge is 0.254 e. The summed E-state index contributed by atoms with van der Waals surface area (Å²) in [6.45, 7) is 7.84. The molecule has 1 aromatic heterocycles. The number of amides is 1. The minimum atomic E-state index is 0.00893. The largest absolute Gasteiger partial charge is 0.395 e. The first kappa shape index (κ1) is 15.7. The zero-order valence-corrected chi connectivity index (χ0v) is 12.7. The number of nitrogens with zero attached hydrogens (tertiary/aromatic N) is 3. The molecule has 0 saturated carbocycles. The summed E-state index contributed by atoms with van der Waals surface area (Å²) in [6.07, 6.45) is 0. The van der Waals surface area contributed by atoms with Crippen LogP contribution in [0.15, 0.2) is 12.1 Å². The highest BCUT2D eigenvalue weighted by atomic mass is 16.3. The molecule has 0 bridgehead atoms. The molecule has 1 amide bonds. The fourth-order valence-electron chi connectivity index (χ4n) is 2.49. The minimum absolute atomic E-state index is 0.00893. The molecule has 2 rings (SSSR count). The highest BCUT2D eigenvalue weighted by Crippen LogP contribution is 2.18. The van der Waals surface area contributed by atoms with Gasteiger partial charge in [-0.15, -0.1) is 0 Å². The molecule has 116 valence electrons. The number of piperazine rings is 1. The zero-order chi connectivity index (χ0) is 15.4. The van der Waals surface area contributed by atoms with Crippen LogP contribution in [0.1, 0.15) is 35.8 Å². The van der Waals surface area contributed by atoms with Crippen LogP contribution in [0.25, 0.3) is 0 Å². The van der Waals surface area contributed by atoms with Gasteiger partial charge in [-0.3, -0.25) is 9.69 Å². The Kier molecular flexibility index (Phi) is 5.14. The van der Waals surface area contributed by atoms with E-state index in [0.29, 0.717) is 31.0 Å². The lowest BCUT2D eigenvalue weighted by molar-refractivity contribution is 0.0615. The lowest BCUT2D eigenvalue weighted by Gasteiger charge is -2.34. The van der Waals surface area contributed by atoms with E-state index in [2.05, 4.69) is 9.88 Å². The summed E-state index contributed by atoms with van der Waals surface area (Å²) in [5.74, 6) is 0.638. The number of nitrogens with two attached hydrogens (primary N) is 1. The summed E-state index contributed by atoms with van der Waals surface area (Å²) < 4.78 is 0. The molecule has 0 radical (unpaired) electrons. The normalized spacial score (nSPS) is 16.5. The molecule has 0 atom stereocenters. The molecule has 6 nitrogen and oxygen atoms in total. The van der Waals surface area contributed by atoms with Crippen LogP contribution in [0.4, 0.5) is 5.82 Å². The Hall–Kier alpha value is -1.66. The second-order valence-corrected chi connectivity index (χ2v) is 5.72. The maximum atomic E-state index is 12.6. The molecule has 3 N–H and O–H groups in total. The molecule has 6 heteroatoms. The van der Waals surface area contributed by atoms with Gasteiger partial charge in [0.05, 0.1) is 6.61 Å². The van der Waals surface area contributed by atoms with Gasteiger partial charge in [-0.25, -0.2) is 4.98 Å².